The van der Waals surface area contributed by atoms with Gasteiger partial charge < -0.3 is 5.32 Å². The van der Waals surface area contributed by atoms with Crippen molar-refractivity contribution in [1.29, 1.82) is 0 Å². The van der Waals surface area contributed by atoms with Gasteiger partial charge in [-0.05, 0) is 56.4 Å². The van der Waals surface area contributed by atoms with Crippen LogP contribution in [-0.2, 0) is 6.54 Å². The second kappa shape index (κ2) is 8.35. The first-order valence-electron chi connectivity index (χ1n) is 8.84. The molecule has 7 heteroatoms. The molecule has 0 saturated heterocycles. The van der Waals surface area contributed by atoms with Gasteiger partial charge in [-0.1, -0.05) is 30.8 Å². The molecule has 27 heavy (non-hydrogen) atoms. The van der Waals surface area contributed by atoms with Gasteiger partial charge in [-0.15, -0.1) is 0 Å². The number of nitrogens with zero attached hydrogens (tertiary/aromatic N) is 4. The van der Waals surface area contributed by atoms with E-state index < -0.39 is 0 Å². The van der Waals surface area contributed by atoms with Crippen LogP contribution in [-0.4, -0.2) is 31.4 Å². The minimum absolute atomic E-state index is 0.235. The third-order valence-corrected chi connectivity index (χ3v) is 4.69. The molecule has 0 spiro atoms. The Labute approximate surface area is 163 Å². The summed E-state index contributed by atoms with van der Waals surface area (Å²) in [5, 5.41) is 8.05. The van der Waals surface area contributed by atoms with Gasteiger partial charge in [0.2, 0.25) is 0 Å². The van der Waals surface area contributed by atoms with Crippen LogP contribution in [0.25, 0.3) is 0 Å². The fraction of sp³-hybridized carbons (Fsp3) is 0.300. The topological polar surface area (TPSA) is 72.7 Å². The summed E-state index contributed by atoms with van der Waals surface area (Å²) >= 11 is 1.52. The molecule has 0 bridgehead atoms. The molecular weight excluding hydrogens is 358 g/mol. The quantitative estimate of drug-likeness (QED) is 0.516. The smallest absolute Gasteiger partial charge is 0.274 e. The van der Waals surface area contributed by atoms with E-state index in [1.165, 1.54) is 11.8 Å². The molecule has 2 heterocycles. The molecule has 0 saturated carbocycles. The first-order valence-corrected chi connectivity index (χ1v) is 9.83. The molecule has 3 rings (SSSR count). The van der Waals surface area contributed by atoms with Crippen molar-refractivity contribution in [2.75, 3.05) is 11.1 Å². The number of aromatic nitrogens is 4. The number of carbonyl (C=O) groups is 1. The second-order valence-corrected chi connectivity index (χ2v) is 7.58. The van der Waals surface area contributed by atoms with E-state index in [0.29, 0.717) is 17.4 Å². The summed E-state index contributed by atoms with van der Waals surface area (Å²) in [7, 11) is 0. The lowest BCUT2D eigenvalue weighted by molar-refractivity contribution is 0.102. The lowest BCUT2D eigenvalue weighted by Gasteiger charge is -2.09. The van der Waals surface area contributed by atoms with Gasteiger partial charge in [0, 0.05) is 17.1 Å². The number of hydrogen-bond donors (Lipinski definition) is 1. The average molecular weight is 382 g/mol. The third-order valence-electron chi connectivity index (χ3n) is 3.96. The van der Waals surface area contributed by atoms with Gasteiger partial charge in [0.05, 0.1) is 12.2 Å². The maximum atomic E-state index is 12.6. The lowest BCUT2D eigenvalue weighted by atomic mass is 10.2. The Morgan fingerprint density at radius 2 is 1.93 bits per heavy atom. The highest BCUT2D eigenvalue weighted by molar-refractivity contribution is 7.99. The Morgan fingerprint density at radius 1 is 1.11 bits per heavy atom. The zero-order valence-electron chi connectivity index (χ0n) is 16.0. The minimum atomic E-state index is -0.235. The van der Waals surface area contributed by atoms with Gasteiger partial charge in [0.25, 0.3) is 5.91 Å². The molecule has 0 aliphatic rings. The SMILES string of the molecule is CCSc1nc(C)cc(C(=O)Nc2cccc(Cn3nc(C)cc3C)c2)n1. The van der Waals surface area contributed by atoms with Gasteiger partial charge >= 0.3 is 0 Å². The number of aryl methyl sites for hydroxylation is 3. The Bertz CT molecular complexity index is 967. The van der Waals surface area contributed by atoms with Crippen molar-refractivity contribution in [2.24, 2.45) is 0 Å². The average Bonchev–Trinajstić information content (AvgIpc) is 2.92. The first-order chi connectivity index (χ1) is 12.9. The van der Waals surface area contributed by atoms with Gasteiger partial charge in [-0.2, -0.15) is 5.10 Å². The number of nitrogens with one attached hydrogen (secondary N) is 1. The molecule has 1 amide bonds. The standard InChI is InChI=1S/C20H23N5OS/c1-5-27-20-21-13(2)10-18(23-20)19(26)22-17-8-6-7-16(11-17)12-25-15(4)9-14(3)24-25/h6-11H,5,12H2,1-4H3,(H,22,26). The number of thioether (sulfide) groups is 1. The number of rotatable bonds is 6. The van der Waals surface area contributed by atoms with Gasteiger partial charge in [-0.25, -0.2) is 9.97 Å². The first kappa shape index (κ1) is 19.1. The van der Waals surface area contributed by atoms with Crippen molar-refractivity contribution in [1.82, 2.24) is 19.7 Å². The van der Waals surface area contributed by atoms with Crippen molar-refractivity contribution >= 4 is 23.4 Å². The molecule has 1 N–H and O–H groups in total. The van der Waals surface area contributed by atoms with Crippen molar-refractivity contribution < 1.29 is 4.79 Å². The monoisotopic (exact) mass is 381 g/mol. The number of hydrogen-bond acceptors (Lipinski definition) is 5. The van der Waals surface area contributed by atoms with Crippen LogP contribution < -0.4 is 5.32 Å². The van der Waals surface area contributed by atoms with Crippen LogP contribution in [0.1, 0.15) is 40.1 Å². The molecule has 0 radical (unpaired) electrons. The Hall–Kier alpha value is -2.67. The maximum Gasteiger partial charge on any atom is 0.274 e. The third kappa shape index (κ3) is 4.95. The van der Waals surface area contributed by atoms with E-state index in [9.17, 15) is 4.79 Å². The molecule has 0 fully saturated rings. The molecular formula is C20H23N5OS. The number of amides is 1. The van der Waals surface area contributed by atoms with Gasteiger partial charge in [0.1, 0.15) is 5.69 Å². The van der Waals surface area contributed by atoms with Crippen LogP contribution in [0.2, 0.25) is 0 Å². The van der Waals surface area contributed by atoms with Crippen LogP contribution in [0.5, 0.6) is 0 Å². The lowest BCUT2D eigenvalue weighted by Crippen LogP contribution is -2.15. The van der Waals surface area contributed by atoms with E-state index in [0.717, 1.165) is 34.1 Å². The van der Waals surface area contributed by atoms with Crippen LogP contribution >= 0.6 is 11.8 Å². The van der Waals surface area contributed by atoms with Crippen LogP contribution in [0.4, 0.5) is 5.69 Å². The summed E-state index contributed by atoms with van der Waals surface area (Å²) in [6.07, 6.45) is 0. The van der Waals surface area contributed by atoms with E-state index in [-0.39, 0.29) is 5.91 Å². The van der Waals surface area contributed by atoms with Crippen molar-refractivity contribution in [2.45, 2.75) is 39.4 Å². The molecule has 2 aromatic heterocycles. The summed E-state index contributed by atoms with van der Waals surface area (Å²) in [5.74, 6) is 0.625. The van der Waals surface area contributed by atoms with E-state index in [4.69, 9.17) is 0 Å². The molecule has 1 aromatic carbocycles. The van der Waals surface area contributed by atoms with Crippen LogP contribution in [0.15, 0.2) is 41.6 Å². The zero-order chi connectivity index (χ0) is 19.4. The van der Waals surface area contributed by atoms with Crippen molar-refractivity contribution in [3.05, 3.63) is 64.7 Å². The van der Waals surface area contributed by atoms with Gasteiger partial charge in [-0.3, -0.25) is 9.48 Å². The van der Waals surface area contributed by atoms with Crippen LogP contribution in [0.3, 0.4) is 0 Å². The predicted octanol–water partition coefficient (Wildman–Crippen LogP) is 4.01. The summed E-state index contributed by atoms with van der Waals surface area (Å²) < 4.78 is 1.96. The summed E-state index contributed by atoms with van der Waals surface area (Å²) in [6, 6.07) is 11.5. The second-order valence-electron chi connectivity index (χ2n) is 6.35. The van der Waals surface area contributed by atoms with Crippen molar-refractivity contribution in [3.8, 4) is 0 Å². The fourth-order valence-electron chi connectivity index (χ4n) is 2.80. The Morgan fingerprint density at radius 3 is 2.63 bits per heavy atom. The van der Waals surface area contributed by atoms with E-state index >= 15 is 0 Å². The number of benzene rings is 1. The molecule has 0 aliphatic carbocycles. The Balaban J connectivity index is 1.76. The molecule has 3 aromatic rings. The molecule has 0 atom stereocenters. The molecule has 140 valence electrons. The maximum absolute atomic E-state index is 12.6. The normalized spacial score (nSPS) is 10.8. The molecule has 0 aliphatic heterocycles. The summed E-state index contributed by atoms with van der Waals surface area (Å²) in [6.45, 7) is 8.58. The van der Waals surface area contributed by atoms with E-state index in [2.05, 4.69) is 26.4 Å². The van der Waals surface area contributed by atoms with Crippen molar-refractivity contribution in [3.63, 3.8) is 0 Å². The van der Waals surface area contributed by atoms with E-state index in [1.54, 1.807) is 6.07 Å². The fourth-order valence-corrected chi connectivity index (χ4v) is 3.43. The number of anilines is 1. The molecule has 0 unspecified atom stereocenters. The predicted molar refractivity (Wildman–Crippen MR) is 108 cm³/mol. The Kier molecular flexibility index (Phi) is 5.91. The highest BCUT2D eigenvalue weighted by atomic mass is 32.2. The molecule has 6 nitrogen and oxygen atoms in total. The minimum Gasteiger partial charge on any atom is -0.321 e. The number of carbonyl (C=O) groups excluding carboxylic acids is 1. The highest BCUT2D eigenvalue weighted by Crippen LogP contribution is 2.17. The largest absolute Gasteiger partial charge is 0.321 e. The zero-order valence-corrected chi connectivity index (χ0v) is 16.8. The van der Waals surface area contributed by atoms with E-state index in [1.807, 2.05) is 56.6 Å². The summed E-state index contributed by atoms with van der Waals surface area (Å²) in [5.41, 5.74) is 5.07. The highest BCUT2D eigenvalue weighted by Gasteiger charge is 2.12. The van der Waals surface area contributed by atoms with Crippen LogP contribution in [0, 0.1) is 20.8 Å². The summed E-state index contributed by atoms with van der Waals surface area (Å²) in [4.78, 5) is 21.3. The van der Waals surface area contributed by atoms with Gasteiger partial charge in [0.15, 0.2) is 5.16 Å².